The molecule has 4 aliphatic rings. The van der Waals surface area contributed by atoms with Gasteiger partial charge in [-0.1, -0.05) is 12.1 Å². The third-order valence-corrected chi connectivity index (χ3v) is 9.32. The van der Waals surface area contributed by atoms with Gasteiger partial charge in [-0.15, -0.1) is 0 Å². The van der Waals surface area contributed by atoms with Gasteiger partial charge < -0.3 is 20.9 Å². The zero-order valence-corrected chi connectivity index (χ0v) is 23.2. The molecule has 3 aliphatic heterocycles. The quantitative estimate of drug-likeness (QED) is 0.465. The maximum absolute atomic E-state index is 12.8. The van der Waals surface area contributed by atoms with Crippen LogP contribution in [0, 0.1) is 17.8 Å². The fraction of sp³-hybridized carbons (Fsp3) is 0.586. The van der Waals surface area contributed by atoms with E-state index < -0.39 is 5.69 Å². The molecule has 1 aromatic heterocycles. The second-order valence-corrected chi connectivity index (χ2v) is 11.8. The maximum atomic E-state index is 12.8. The summed E-state index contributed by atoms with van der Waals surface area (Å²) in [6.45, 7) is 8.19. The number of aromatic nitrogens is 2. The highest BCUT2D eigenvalue weighted by molar-refractivity contribution is 5.88. The first-order valence-corrected chi connectivity index (χ1v) is 14.6. The Morgan fingerprint density at radius 1 is 1.07 bits per heavy atom. The van der Waals surface area contributed by atoms with E-state index in [9.17, 15) is 14.4 Å². The number of benzene rings is 1. The lowest BCUT2D eigenvalue weighted by Crippen LogP contribution is -2.55. The van der Waals surface area contributed by atoms with Crippen LogP contribution in [0.25, 0.3) is 5.69 Å². The molecule has 0 bridgehead atoms. The predicted octanol–water partition coefficient (Wildman–Crippen LogP) is 0.728. The van der Waals surface area contributed by atoms with Crippen molar-refractivity contribution in [2.45, 2.75) is 38.3 Å². The molecule has 4 fully saturated rings. The maximum Gasteiger partial charge on any atom is 0.354 e. The molecule has 3 saturated heterocycles. The van der Waals surface area contributed by atoms with E-state index in [0.29, 0.717) is 32.2 Å². The number of carbonyl (C=O) groups excluding carboxylic acids is 2. The van der Waals surface area contributed by atoms with Gasteiger partial charge in [0.2, 0.25) is 5.91 Å². The lowest BCUT2D eigenvalue weighted by atomic mass is 10.0. The van der Waals surface area contributed by atoms with E-state index >= 15 is 0 Å². The molecule has 11 nitrogen and oxygen atoms in total. The number of amides is 3. The summed E-state index contributed by atoms with van der Waals surface area (Å²) in [6.07, 6.45) is 4.49. The van der Waals surface area contributed by atoms with Crippen LogP contribution in [-0.2, 0) is 11.2 Å². The van der Waals surface area contributed by atoms with Crippen LogP contribution in [0.2, 0.25) is 0 Å². The van der Waals surface area contributed by atoms with Crippen molar-refractivity contribution >= 4 is 17.8 Å². The molecule has 4 N–H and O–H groups in total. The molecule has 11 heteroatoms. The largest absolute Gasteiger partial charge is 0.354 e. The number of hydrogen-bond donors (Lipinski definition) is 3. The highest BCUT2D eigenvalue weighted by atomic mass is 16.2. The molecule has 3 amide bonds. The number of fused-ring (bicyclic) bond motifs is 1. The van der Waals surface area contributed by atoms with Crippen molar-refractivity contribution in [2.75, 3.05) is 57.7 Å². The van der Waals surface area contributed by atoms with Crippen molar-refractivity contribution in [1.29, 1.82) is 0 Å². The summed E-state index contributed by atoms with van der Waals surface area (Å²) in [4.78, 5) is 48.3. The Morgan fingerprint density at radius 3 is 2.40 bits per heavy atom. The molecule has 1 aromatic carbocycles. The van der Waals surface area contributed by atoms with Crippen LogP contribution in [0.3, 0.4) is 0 Å². The van der Waals surface area contributed by atoms with Gasteiger partial charge in [0.05, 0.1) is 11.7 Å². The molecule has 214 valence electrons. The number of piperidine rings is 1. The first-order chi connectivity index (χ1) is 19.4. The molecular weight excluding hydrogens is 508 g/mol. The summed E-state index contributed by atoms with van der Waals surface area (Å²) in [6, 6.07) is 9.71. The number of piperazine rings is 1. The lowest BCUT2D eigenvalue weighted by Gasteiger charge is -2.35. The Hall–Kier alpha value is -3.28. The van der Waals surface area contributed by atoms with Gasteiger partial charge in [-0.05, 0) is 80.8 Å². The number of nitrogens with one attached hydrogen (secondary N) is 2. The summed E-state index contributed by atoms with van der Waals surface area (Å²) in [5.74, 6) is 2.66. The predicted molar refractivity (Wildman–Crippen MR) is 152 cm³/mol. The Morgan fingerprint density at radius 2 is 1.77 bits per heavy atom. The van der Waals surface area contributed by atoms with Crippen molar-refractivity contribution in [3.8, 4) is 5.69 Å². The minimum absolute atomic E-state index is 0.0961. The smallest absolute Gasteiger partial charge is 0.338 e. The van der Waals surface area contributed by atoms with Gasteiger partial charge in [0.25, 0.3) is 0 Å². The third kappa shape index (κ3) is 5.50. The van der Waals surface area contributed by atoms with E-state index in [2.05, 4.69) is 39.6 Å². The second kappa shape index (κ2) is 11.3. The standard InChI is InChI=1S/C29H40N8O3/c1-19(36-17-23-22(16-30)24(23)18-36)15-20-4-6-21(7-5-20)37-10-8-26(33-29(37)40)32-28(39)35-13-11-34(12-14-35)27(38)25-3-2-9-31-25/h4-8,10,19,22-25,31H,2-3,9,11-18,30H2,1H3,(H,32,33,39,40)/t19?,22?,23-,24+,25?. The third-order valence-electron chi connectivity index (χ3n) is 9.32. The Bertz CT molecular complexity index is 1270. The molecule has 2 aromatic rings. The number of likely N-dealkylation sites (tertiary alicyclic amines) is 1. The highest BCUT2D eigenvalue weighted by Gasteiger charge is 2.55. The van der Waals surface area contributed by atoms with Crippen LogP contribution in [-0.4, -0.2) is 101 Å². The monoisotopic (exact) mass is 548 g/mol. The van der Waals surface area contributed by atoms with Crippen LogP contribution >= 0.6 is 0 Å². The molecule has 3 unspecified atom stereocenters. The molecule has 6 rings (SSSR count). The van der Waals surface area contributed by atoms with Crippen molar-refractivity contribution in [2.24, 2.45) is 23.5 Å². The number of carbonyl (C=O) groups is 2. The van der Waals surface area contributed by atoms with E-state index in [-0.39, 0.29) is 23.8 Å². The van der Waals surface area contributed by atoms with Crippen LogP contribution in [0.1, 0.15) is 25.3 Å². The Kier molecular flexibility index (Phi) is 7.61. The molecule has 40 heavy (non-hydrogen) atoms. The molecule has 4 heterocycles. The fourth-order valence-corrected chi connectivity index (χ4v) is 6.76. The van der Waals surface area contributed by atoms with Gasteiger partial charge in [0.1, 0.15) is 5.82 Å². The number of nitrogens with zero attached hydrogens (tertiary/aromatic N) is 5. The van der Waals surface area contributed by atoms with Crippen molar-refractivity contribution < 1.29 is 9.59 Å². The molecule has 1 saturated carbocycles. The van der Waals surface area contributed by atoms with Crippen LogP contribution < -0.4 is 22.1 Å². The van der Waals surface area contributed by atoms with Gasteiger partial charge >= 0.3 is 11.7 Å². The first kappa shape index (κ1) is 26.9. The second-order valence-electron chi connectivity index (χ2n) is 11.8. The van der Waals surface area contributed by atoms with Gasteiger partial charge in [-0.2, -0.15) is 4.98 Å². The van der Waals surface area contributed by atoms with E-state index in [1.165, 1.54) is 10.1 Å². The summed E-state index contributed by atoms with van der Waals surface area (Å²) < 4.78 is 1.48. The van der Waals surface area contributed by atoms with Crippen molar-refractivity contribution in [3.63, 3.8) is 0 Å². The summed E-state index contributed by atoms with van der Waals surface area (Å²) in [5.41, 5.74) is 7.37. The van der Waals surface area contributed by atoms with E-state index in [1.807, 2.05) is 17.0 Å². The zero-order valence-electron chi connectivity index (χ0n) is 23.2. The number of hydrogen-bond acceptors (Lipinski definition) is 7. The van der Waals surface area contributed by atoms with Gasteiger partial charge in [0.15, 0.2) is 0 Å². The average molecular weight is 549 g/mol. The normalized spacial score (nSPS) is 26.9. The highest BCUT2D eigenvalue weighted by Crippen LogP contribution is 2.51. The van der Waals surface area contributed by atoms with E-state index in [1.54, 1.807) is 17.2 Å². The zero-order chi connectivity index (χ0) is 27.8. The number of anilines is 1. The number of nitrogens with two attached hydrogens (primary N) is 1. The van der Waals surface area contributed by atoms with Crippen LogP contribution in [0.4, 0.5) is 10.6 Å². The SMILES string of the molecule is CC(Cc1ccc(-n2ccc(NC(=O)N3CCN(C(=O)C4CCCN4)CC3)nc2=O)cc1)N1C[C@@H]2C(CN)[C@@H]2C1. The first-order valence-electron chi connectivity index (χ1n) is 14.6. The average Bonchev–Trinajstić information content (AvgIpc) is 3.33. The summed E-state index contributed by atoms with van der Waals surface area (Å²) >= 11 is 0. The summed E-state index contributed by atoms with van der Waals surface area (Å²) in [7, 11) is 0. The number of rotatable bonds is 7. The molecular formula is C29H40N8O3. The molecule has 5 atom stereocenters. The fourth-order valence-electron chi connectivity index (χ4n) is 6.76. The van der Waals surface area contributed by atoms with Crippen LogP contribution in [0.15, 0.2) is 41.3 Å². The van der Waals surface area contributed by atoms with Crippen LogP contribution in [0.5, 0.6) is 0 Å². The van der Waals surface area contributed by atoms with Crippen molar-refractivity contribution in [1.82, 2.24) is 29.6 Å². The van der Waals surface area contributed by atoms with E-state index in [0.717, 1.165) is 68.9 Å². The minimum Gasteiger partial charge on any atom is -0.338 e. The van der Waals surface area contributed by atoms with Gasteiger partial charge in [-0.25, -0.2) is 9.59 Å². The summed E-state index contributed by atoms with van der Waals surface area (Å²) in [5, 5.41) is 5.97. The van der Waals surface area contributed by atoms with Gasteiger partial charge in [-0.3, -0.25) is 19.6 Å². The molecule has 0 radical (unpaired) electrons. The minimum atomic E-state index is -0.454. The Labute approximate surface area is 234 Å². The lowest BCUT2D eigenvalue weighted by molar-refractivity contribution is -0.134. The van der Waals surface area contributed by atoms with E-state index in [4.69, 9.17) is 5.73 Å². The van der Waals surface area contributed by atoms with Gasteiger partial charge in [0, 0.05) is 51.5 Å². The number of urea groups is 1. The van der Waals surface area contributed by atoms with Crippen molar-refractivity contribution in [3.05, 3.63) is 52.6 Å². The Balaban J connectivity index is 0.998. The topological polar surface area (TPSA) is 129 Å². The molecule has 1 aliphatic carbocycles. The molecule has 0 spiro atoms.